The molecule has 15 heavy (non-hydrogen) atoms. The van der Waals surface area contributed by atoms with Gasteiger partial charge in [-0.05, 0) is 30.2 Å². The molecule has 0 unspecified atom stereocenters. The third kappa shape index (κ3) is 5.60. The van der Waals surface area contributed by atoms with E-state index in [0.29, 0.717) is 5.92 Å². The lowest BCUT2D eigenvalue weighted by Gasteiger charge is -2.03. The molecule has 0 bridgehead atoms. The molecule has 0 aliphatic heterocycles. The van der Waals surface area contributed by atoms with E-state index in [4.69, 9.17) is 11.6 Å². The van der Waals surface area contributed by atoms with Crippen LogP contribution in [0, 0.1) is 5.92 Å². The minimum atomic E-state index is 0.703. The van der Waals surface area contributed by atoms with Gasteiger partial charge in [0.2, 0.25) is 0 Å². The van der Waals surface area contributed by atoms with Crippen LogP contribution in [-0.4, -0.2) is 13.1 Å². The zero-order valence-corrected chi connectivity index (χ0v) is 10.1. The summed E-state index contributed by atoms with van der Waals surface area (Å²) in [6.45, 7) is 6.39. The van der Waals surface area contributed by atoms with Gasteiger partial charge in [-0.2, -0.15) is 0 Å². The van der Waals surface area contributed by atoms with Crippen molar-refractivity contribution in [1.82, 2.24) is 5.32 Å². The summed E-state index contributed by atoms with van der Waals surface area (Å²) >= 11 is 5.79. The molecule has 2 heteroatoms. The van der Waals surface area contributed by atoms with Crippen molar-refractivity contribution in [2.45, 2.75) is 13.8 Å². The number of hydrogen-bond donors (Lipinski definition) is 1. The second kappa shape index (κ2) is 6.65. The van der Waals surface area contributed by atoms with Gasteiger partial charge in [-0.1, -0.05) is 49.7 Å². The van der Waals surface area contributed by atoms with E-state index >= 15 is 0 Å². The predicted octanol–water partition coefficient (Wildman–Crippen LogP) is 3.60. The monoisotopic (exact) mass is 223 g/mol. The van der Waals surface area contributed by atoms with E-state index in [1.165, 1.54) is 5.56 Å². The van der Waals surface area contributed by atoms with E-state index in [1.54, 1.807) is 0 Å². The van der Waals surface area contributed by atoms with Crippen LogP contribution in [-0.2, 0) is 0 Å². The SMILES string of the molecule is CC(C)CNCC=Cc1ccc(Cl)cc1. The maximum absolute atomic E-state index is 5.79. The lowest BCUT2D eigenvalue weighted by atomic mass is 10.2. The molecule has 0 radical (unpaired) electrons. The molecule has 0 saturated heterocycles. The lowest BCUT2D eigenvalue weighted by molar-refractivity contribution is 0.577. The van der Waals surface area contributed by atoms with E-state index in [1.807, 2.05) is 24.3 Å². The molecular formula is C13H18ClN. The first-order chi connectivity index (χ1) is 7.18. The summed E-state index contributed by atoms with van der Waals surface area (Å²) in [5.41, 5.74) is 1.19. The molecule has 0 heterocycles. The minimum absolute atomic E-state index is 0.703. The normalized spacial score (nSPS) is 11.5. The first kappa shape index (κ1) is 12.3. The largest absolute Gasteiger partial charge is 0.313 e. The summed E-state index contributed by atoms with van der Waals surface area (Å²) in [5, 5.41) is 4.14. The Morgan fingerprint density at radius 1 is 1.27 bits per heavy atom. The third-order valence-corrected chi connectivity index (χ3v) is 2.25. The summed E-state index contributed by atoms with van der Waals surface area (Å²) in [6, 6.07) is 7.84. The molecule has 1 nitrogen and oxygen atoms in total. The van der Waals surface area contributed by atoms with Crippen molar-refractivity contribution in [3.05, 3.63) is 40.9 Å². The summed E-state index contributed by atoms with van der Waals surface area (Å²) in [5.74, 6) is 0.703. The minimum Gasteiger partial charge on any atom is -0.313 e. The van der Waals surface area contributed by atoms with Crippen LogP contribution in [0.4, 0.5) is 0 Å². The van der Waals surface area contributed by atoms with E-state index in [2.05, 4.69) is 31.3 Å². The van der Waals surface area contributed by atoms with Gasteiger partial charge in [0.05, 0.1) is 0 Å². The molecule has 1 aromatic carbocycles. The molecule has 0 aliphatic carbocycles. The van der Waals surface area contributed by atoms with Gasteiger partial charge < -0.3 is 5.32 Å². The highest BCUT2D eigenvalue weighted by Gasteiger charge is 1.90. The van der Waals surface area contributed by atoms with Gasteiger partial charge >= 0.3 is 0 Å². The molecule has 0 atom stereocenters. The second-order valence-electron chi connectivity index (χ2n) is 4.01. The van der Waals surface area contributed by atoms with Gasteiger partial charge in [-0.3, -0.25) is 0 Å². The van der Waals surface area contributed by atoms with Gasteiger partial charge in [0, 0.05) is 11.6 Å². The van der Waals surface area contributed by atoms with E-state index in [-0.39, 0.29) is 0 Å². The quantitative estimate of drug-likeness (QED) is 0.753. The maximum Gasteiger partial charge on any atom is 0.0406 e. The zero-order chi connectivity index (χ0) is 11.1. The van der Waals surface area contributed by atoms with Crippen molar-refractivity contribution in [2.75, 3.05) is 13.1 Å². The van der Waals surface area contributed by atoms with Gasteiger partial charge in [-0.25, -0.2) is 0 Å². The predicted molar refractivity (Wildman–Crippen MR) is 68.2 cm³/mol. The Bertz CT molecular complexity index is 301. The second-order valence-corrected chi connectivity index (χ2v) is 4.44. The number of benzene rings is 1. The zero-order valence-electron chi connectivity index (χ0n) is 9.33. The Kier molecular flexibility index (Phi) is 5.44. The Morgan fingerprint density at radius 2 is 1.93 bits per heavy atom. The van der Waals surface area contributed by atoms with Crippen molar-refractivity contribution in [1.29, 1.82) is 0 Å². The Hall–Kier alpha value is -0.790. The highest BCUT2D eigenvalue weighted by molar-refractivity contribution is 6.30. The standard InChI is InChI=1S/C13H18ClN/c1-11(2)10-15-9-3-4-12-5-7-13(14)8-6-12/h3-8,11,15H,9-10H2,1-2H3. The molecule has 0 aromatic heterocycles. The van der Waals surface area contributed by atoms with Crippen LogP contribution in [0.5, 0.6) is 0 Å². The molecule has 0 saturated carbocycles. The van der Waals surface area contributed by atoms with Crippen LogP contribution in [0.25, 0.3) is 6.08 Å². The fourth-order valence-electron chi connectivity index (χ4n) is 1.22. The Balaban J connectivity index is 2.29. The first-order valence-corrected chi connectivity index (χ1v) is 5.69. The number of halogens is 1. The molecule has 1 N–H and O–H groups in total. The molecule has 0 spiro atoms. The fraction of sp³-hybridized carbons (Fsp3) is 0.385. The van der Waals surface area contributed by atoms with Crippen LogP contribution in [0.1, 0.15) is 19.4 Å². The Morgan fingerprint density at radius 3 is 2.53 bits per heavy atom. The van der Waals surface area contributed by atoms with Crippen LogP contribution >= 0.6 is 11.6 Å². The highest BCUT2D eigenvalue weighted by atomic mass is 35.5. The fourth-order valence-corrected chi connectivity index (χ4v) is 1.35. The smallest absolute Gasteiger partial charge is 0.0406 e. The summed E-state index contributed by atoms with van der Waals surface area (Å²) in [7, 11) is 0. The molecule has 82 valence electrons. The molecule has 0 fully saturated rings. The molecule has 0 amide bonds. The third-order valence-electron chi connectivity index (χ3n) is 2.00. The summed E-state index contributed by atoms with van der Waals surface area (Å²) in [4.78, 5) is 0. The maximum atomic E-state index is 5.79. The van der Waals surface area contributed by atoms with Crippen LogP contribution in [0.2, 0.25) is 5.02 Å². The van der Waals surface area contributed by atoms with Gasteiger partial charge in [-0.15, -0.1) is 0 Å². The highest BCUT2D eigenvalue weighted by Crippen LogP contribution is 2.10. The van der Waals surface area contributed by atoms with E-state index < -0.39 is 0 Å². The van der Waals surface area contributed by atoms with Crippen LogP contribution in [0.3, 0.4) is 0 Å². The molecular weight excluding hydrogens is 206 g/mol. The number of hydrogen-bond acceptors (Lipinski definition) is 1. The summed E-state index contributed by atoms with van der Waals surface area (Å²) < 4.78 is 0. The lowest BCUT2D eigenvalue weighted by Crippen LogP contribution is -2.19. The first-order valence-electron chi connectivity index (χ1n) is 5.31. The molecule has 1 rings (SSSR count). The van der Waals surface area contributed by atoms with Crippen molar-refractivity contribution in [3.8, 4) is 0 Å². The average Bonchev–Trinajstić information content (AvgIpc) is 2.20. The van der Waals surface area contributed by atoms with Crippen LogP contribution in [0.15, 0.2) is 30.3 Å². The summed E-state index contributed by atoms with van der Waals surface area (Å²) in [6.07, 6.45) is 4.23. The van der Waals surface area contributed by atoms with Gasteiger partial charge in [0.1, 0.15) is 0 Å². The topological polar surface area (TPSA) is 12.0 Å². The molecule has 1 aromatic rings. The van der Waals surface area contributed by atoms with Crippen molar-refractivity contribution in [2.24, 2.45) is 5.92 Å². The van der Waals surface area contributed by atoms with Crippen molar-refractivity contribution < 1.29 is 0 Å². The Labute approximate surface area is 97.1 Å². The number of rotatable bonds is 5. The average molecular weight is 224 g/mol. The molecule has 0 aliphatic rings. The van der Waals surface area contributed by atoms with Crippen LogP contribution < -0.4 is 5.32 Å². The van der Waals surface area contributed by atoms with E-state index in [0.717, 1.165) is 18.1 Å². The van der Waals surface area contributed by atoms with Crippen molar-refractivity contribution in [3.63, 3.8) is 0 Å². The number of nitrogens with one attached hydrogen (secondary N) is 1. The van der Waals surface area contributed by atoms with Gasteiger partial charge in [0.15, 0.2) is 0 Å². The van der Waals surface area contributed by atoms with E-state index in [9.17, 15) is 0 Å². The van der Waals surface area contributed by atoms with Gasteiger partial charge in [0.25, 0.3) is 0 Å². The van der Waals surface area contributed by atoms with Crippen molar-refractivity contribution >= 4 is 17.7 Å².